The SMILES string of the molecule is CCOC(=O)c1ccc(C(C)NCc2cccc(Br)c2)cc1. The number of benzene rings is 2. The number of carbonyl (C=O) groups excluding carboxylic acids is 1. The van der Waals surface area contributed by atoms with Crippen molar-refractivity contribution in [2.24, 2.45) is 0 Å². The maximum absolute atomic E-state index is 11.6. The third-order valence-corrected chi connectivity index (χ3v) is 3.92. The van der Waals surface area contributed by atoms with Gasteiger partial charge in [-0.25, -0.2) is 4.79 Å². The Labute approximate surface area is 139 Å². The van der Waals surface area contributed by atoms with Crippen LogP contribution in [-0.2, 0) is 11.3 Å². The third-order valence-electron chi connectivity index (χ3n) is 3.42. The van der Waals surface area contributed by atoms with Crippen LogP contribution in [0.4, 0.5) is 0 Å². The second kappa shape index (κ2) is 8.11. The molecular weight excluding hydrogens is 342 g/mol. The van der Waals surface area contributed by atoms with Gasteiger partial charge in [0.1, 0.15) is 0 Å². The Morgan fingerprint density at radius 1 is 1.23 bits per heavy atom. The van der Waals surface area contributed by atoms with Crippen LogP contribution in [0, 0.1) is 0 Å². The second-order valence-corrected chi connectivity index (χ2v) is 5.99. The lowest BCUT2D eigenvalue weighted by Crippen LogP contribution is -2.18. The summed E-state index contributed by atoms with van der Waals surface area (Å²) in [6.07, 6.45) is 0. The van der Waals surface area contributed by atoms with Crippen LogP contribution in [0.25, 0.3) is 0 Å². The number of hydrogen-bond donors (Lipinski definition) is 1. The van der Waals surface area contributed by atoms with Crippen LogP contribution >= 0.6 is 15.9 Å². The quantitative estimate of drug-likeness (QED) is 0.771. The van der Waals surface area contributed by atoms with E-state index in [9.17, 15) is 4.79 Å². The number of hydrogen-bond acceptors (Lipinski definition) is 3. The van der Waals surface area contributed by atoms with Crippen LogP contribution in [0.5, 0.6) is 0 Å². The number of halogens is 1. The van der Waals surface area contributed by atoms with E-state index in [-0.39, 0.29) is 12.0 Å². The van der Waals surface area contributed by atoms with E-state index in [2.05, 4.69) is 40.3 Å². The maximum Gasteiger partial charge on any atom is 0.338 e. The zero-order valence-corrected chi connectivity index (χ0v) is 14.4. The molecule has 0 saturated heterocycles. The van der Waals surface area contributed by atoms with E-state index in [1.807, 2.05) is 36.4 Å². The first-order valence-electron chi connectivity index (χ1n) is 7.35. The van der Waals surface area contributed by atoms with Crippen molar-refractivity contribution in [3.8, 4) is 0 Å². The number of esters is 1. The van der Waals surface area contributed by atoms with Crippen molar-refractivity contribution < 1.29 is 9.53 Å². The normalized spacial score (nSPS) is 12.0. The van der Waals surface area contributed by atoms with Crippen LogP contribution < -0.4 is 5.32 Å². The van der Waals surface area contributed by atoms with E-state index in [1.165, 1.54) is 5.56 Å². The van der Waals surface area contributed by atoms with Crippen LogP contribution in [0.3, 0.4) is 0 Å². The first-order chi connectivity index (χ1) is 10.6. The zero-order valence-electron chi connectivity index (χ0n) is 12.8. The molecule has 3 nitrogen and oxygen atoms in total. The summed E-state index contributed by atoms with van der Waals surface area (Å²) in [5.74, 6) is -0.274. The summed E-state index contributed by atoms with van der Waals surface area (Å²) in [5, 5.41) is 3.48. The summed E-state index contributed by atoms with van der Waals surface area (Å²) in [6, 6.07) is 16.0. The fourth-order valence-corrected chi connectivity index (χ4v) is 2.60. The fraction of sp³-hybridized carbons (Fsp3) is 0.278. The molecule has 0 amide bonds. The molecule has 0 saturated carbocycles. The fourth-order valence-electron chi connectivity index (χ4n) is 2.16. The highest BCUT2D eigenvalue weighted by atomic mass is 79.9. The highest BCUT2D eigenvalue weighted by Gasteiger charge is 2.09. The molecule has 1 N–H and O–H groups in total. The molecular formula is C18H20BrNO2. The summed E-state index contributed by atoms with van der Waals surface area (Å²) in [6.45, 7) is 5.10. The predicted octanol–water partition coefficient (Wildman–Crippen LogP) is 4.48. The number of rotatable bonds is 6. The smallest absolute Gasteiger partial charge is 0.338 e. The van der Waals surface area contributed by atoms with Gasteiger partial charge in [-0.15, -0.1) is 0 Å². The molecule has 2 rings (SSSR count). The van der Waals surface area contributed by atoms with Gasteiger partial charge in [-0.1, -0.05) is 40.2 Å². The van der Waals surface area contributed by atoms with Gasteiger partial charge < -0.3 is 10.1 Å². The van der Waals surface area contributed by atoms with Gasteiger partial charge in [0.25, 0.3) is 0 Å². The average Bonchev–Trinajstić information content (AvgIpc) is 2.53. The van der Waals surface area contributed by atoms with Crippen molar-refractivity contribution in [2.45, 2.75) is 26.4 Å². The maximum atomic E-state index is 11.6. The van der Waals surface area contributed by atoms with E-state index < -0.39 is 0 Å². The van der Waals surface area contributed by atoms with Crippen molar-refractivity contribution in [3.63, 3.8) is 0 Å². The van der Waals surface area contributed by atoms with Gasteiger partial charge in [0.2, 0.25) is 0 Å². The van der Waals surface area contributed by atoms with Crippen LogP contribution in [0.15, 0.2) is 53.0 Å². The summed E-state index contributed by atoms with van der Waals surface area (Å²) >= 11 is 3.48. The Hall–Kier alpha value is -1.65. The Morgan fingerprint density at radius 3 is 2.59 bits per heavy atom. The van der Waals surface area contributed by atoms with E-state index in [0.29, 0.717) is 12.2 Å². The molecule has 0 aliphatic heterocycles. The third kappa shape index (κ3) is 4.68. The minimum absolute atomic E-state index is 0.204. The summed E-state index contributed by atoms with van der Waals surface area (Å²) in [5.41, 5.74) is 2.96. The monoisotopic (exact) mass is 361 g/mol. The lowest BCUT2D eigenvalue weighted by Gasteiger charge is -2.15. The topological polar surface area (TPSA) is 38.3 Å². The Balaban J connectivity index is 1.95. The molecule has 0 radical (unpaired) electrons. The minimum atomic E-state index is -0.274. The van der Waals surface area contributed by atoms with Crippen LogP contribution in [-0.4, -0.2) is 12.6 Å². The predicted molar refractivity (Wildman–Crippen MR) is 91.8 cm³/mol. The van der Waals surface area contributed by atoms with Crippen molar-refractivity contribution in [1.82, 2.24) is 5.32 Å². The lowest BCUT2D eigenvalue weighted by atomic mass is 10.1. The highest BCUT2D eigenvalue weighted by Crippen LogP contribution is 2.16. The van der Waals surface area contributed by atoms with Gasteiger partial charge in [0.05, 0.1) is 12.2 Å². The van der Waals surface area contributed by atoms with Crippen molar-refractivity contribution >= 4 is 21.9 Å². The first-order valence-corrected chi connectivity index (χ1v) is 8.14. The number of carbonyl (C=O) groups is 1. The molecule has 0 spiro atoms. The lowest BCUT2D eigenvalue weighted by molar-refractivity contribution is 0.0526. The molecule has 0 aliphatic carbocycles. The average molecular weight is 362 g/mol. The molecule has 0 heterocycles. The molecule has 1 unspecified atom stereocenters. The molecule has 2 aromatic rings. The zero-order chi connectivity index (χ0) is 15.9. The Bertz CT molecular complexity index is 625. The van der Waals surface area contributed by atoms with E-state index >= 15 is 0 Å². The van der Waals surface area contributed by atoms with Crippen molar-refractivity contribution in [1.29, 1.82) is 0 Å². The largest absolute Gasteiger partial charge is 0.462 e. The number of ether oxygens (including phenoxy) is 1. The van der Waals surface area contributed by atoms with Crippen LogP contribution in [0.2, 0.25) is 0 Å². The van der Waals surface area contributed by atoms with Crippen LogP contribution in [0.1, 0.15) is 41.4 Å². The first kappa shape index (κ1) is 16.7. The molecule has 0 aliphatic rings. The second-order valence-electron chi connectivity index (χ2n) is 5.07. The molecule has 116 valence electrons. The Kier molecular flexibility index (Phi) is 6.16. The van der Waals surface area contributed by atoms with Gasteiger partial charge >= 0.3 is 5.97 Å². The van der Waals surface area contributed by atoms with Gasteiger partial charge in [-0.05, 0) is 49.2 Å². The molecule has 0 fully saturated rings. The van der Waals surface area contributed by atoms with Gasteiger partial charge in [0, 0.05) is 17.1 Å². The molecule has 0 aromatic heterocycles. The summed E-state index contributed by atoms with van der Waals surface area (Å²) in [4.78, 5) is 11.6. The summed E-state index contributed by atoms with van der Waals surface area (Å²) < 4.78 is 6.07. The van der Waals surface area contributed by atoms with Gasteiger partial charge in [-0.2, -0.15) is 0 Å². The molecule has 2 aromatic carbocycles. The van der Waals surface area contributed by atoms with E-state index in [1.54, 1.807) is 6.92 Å². The van der Waals surface area contributed by atoms with Gasteiger partial charge in [-0.3, -0.25) is 0 Å². The van der Waals surface area contributed by atoms with Gasteiger partial charge in [0.15, 0.2) is 0 Å². The molecule has 22 heavy (non-hydrogen) atoms. The Morgan fingerprint density at radius 2 is 1.95 bits per heavy atom. The number of nitrogens with one attached hydrogen (secondary N) is 1. The van der Waals surface area contributed by atoms with E-state index in [0.717, 1.165) is 16.6 Å². The molecule has 4 heteroatoms. The molecule has 1 atom stereocenters. The van der Waals surface area contributed by atoms with Crippen molar-refractivity contribution in [3.05, 3.63) is 69.7 Å². The van der Waals surface area contributed by atoms with Crippen molar-refractivity contribution in [2.75, 3.05) is 6.61 Å². The van der Waals surface area contributed by atoms with E-state index in [4.69, 9.17) is 4.74 Å². The summed E-state index contributed by atoms with van der Waals surface area (Å²) in [7, 11) is 0. The minimum Gasteiger partial charge on any atom is -0.462 e. The standard InChI is InChI=1S/C18H20BrNO2/c1-3-22-18(21)16-9-7-15(8-10-16)13(2)20-12-14-5-4-6-17(19)11-14/h4-11,13,20H,3,12H2,1-2H3. The highest BCUT2D eigenvalue weighted by molar-refractivity contribution is 9.10. The molecule has 0 bridgehead atoms.